The minimum absolute atomic E-state index is 0.0855. The zero-order valence-corrected chi connectivity index (χ0v) is 12.3. The number of rotatable bonds is 4. The summed E-state index contributed by atoms with van der Waals surface area (Å²) in [4.78, 5) is 18.6. The number of pyridine rings is 1. The van der Waals surface area contributed by atoms with E-state index >= 15 is 0 Å². The van der Waals surface area contributed by atoms with E-state index in [-0.39, 0.29) is 12.4 Å². The summed E-state index contributed by atoms with van der Waals surface area (Å²) in [5.41, 5.74) is 0.638. The van der Waals surface area contributed by atoms with E-state index in [4.69, 9.17) is 16.3 Å². The Morgan fingerprint density at radius 1 is 1.36 bits per heavy atom. The predicted octanol–water partition coefficient (Wildman–Crippen LogP) is 3.11. The second-order valence-electron chi connectivity index (χ2n) is 4.58. The van der Waals surface area contributed by atoms with Crippen molar-refractivity contribution in [3.63, 3.8) is 0 Å². The largest absolute Gasteiger partial charge is 0.481 e. The highest BCUT2D eigenvalue weighted by Crippen LogP contribution is 2.30. The SMILES string of the molecule is Cn1c([N+](=O)[O-])cnc1COc1ccc(Cl)c2cccnc12. The van der Waals surface area contributed by atoms with Crippen LogP contribution in [-0.4, -0.2) is 19.5 Å². The Balaban J connectivity index is 1.89. The Morgan fingerprint density at radius 3 is 2.91 bits per heavy atom. The van der Waals surface area contributed by atoms with Crippen molar-refractivity contribution in [3.8, 4) is 5.75 Å². The zero-order valence-electron chi connectivity index (χ0n) is 11.6. The van der Waals surface area contributed by atoms with Gasteiger partial charge in [0.25, 0.3) is 0 Å². The van der Waals surface area contributed by atoms with E-state index in [1.165, 1.54) is 10.8 Å². The molecular weight excluding hydrogens is 308 g/mol. The maximum atomic E-state index is 10.8. The molecular formula is C14H11ClN4O3. The molecule has 3 rings (SSSR count). The van der Waals surface area contributed by atoms with Gasteiger partial charge in [0.05, 0.1) is 12.1 Å². The van der Waals surface area contributed by atoms with Crippen molar-refractivity contribution < 1.29 is 9.66 Å². The van der Waals surface area contributed by atoms with E-state index in [0.717, 1.165) is 5.39 Å². The molecule has 0 spiro atoms. The Kier molecular flexibility index (Phi) is 3.64. The maximum absolute atomic E-state index is 10.8. The number of hydrogen-bond acceptors (Lipinski definition) is 5. The average Bonchev–Trinajstić information content (AvgIpc) is 2.88. The fourth-order valence-corrected chi connectivity index (χ4v) is 2.33. The van der Waals surface area contributed by atoms with Gasteiger partial charge in [-0.05, 0) is 29.2 Å². The minimum Gasteiger partial charge on any atom is -0.481 e. The van der Waals surface area contributed by atoms with Crippen LogP contribution >= 0.6 is 11.6 Å². The number of imidazole rings is 1. The van der Waals surface area contributed by atoms with Crippen LogP contribution in [0.15, 0.2) is 36.7 Å². The fourth-order valence-electron chi connectivity index (χ4n) is 2.11. The van der Waals surface area contributed by atoms with E-state index in [9.17, 15) is 10.1 Å². The highest BCUT2D eigenvalue weighted by Gasteiger charge is 2.17. The van der Waals surface area contributed by atoms with Gasteiger partial charge in [-0.2, -0.15) is 0 Å². The van der Waals surface area contributed by atoms with Crippen LogP contribution in [0.1, 0.15) is 5.82 Å². The van der Waals surface area contributed by atoms with Crippen LogP contribution in [0, 0.1) is 10.1 Å². The van der Waals surface area contributed by atoms with Crippen LogP contribution in [0.25, 0.3) is 10.9 Å². The number of fused-ring (bicyclic) bond motifs is 1. The van der Waals surface area contributed by atoms with Gasteiger partial charge < -0.3 is 14.9 Å². The second-order valence-corrected chi connectivity index (χ2v) is 4.99. The summed E-state index contributed by atoms with van der Waals surface area (Å²) in [6.45, 7) is 0.0949. The second kappa shape index (κ2) is 5.61. The van der Waals surface area contributed by atoms with Gasteiger partial charge in [0, 0.05) is 11.6 Å². The number of aromatic nitrogens is 3. The molecule has 0 saturated heterocycles. The van der Waals surface area contributed by atoms with Gasteiger partial charge in [-0.3, -0.25) is 4.98 Å². The fraction of sp³-hybridized carbons (Fsp3) is 0.143. The lowest BCUT2D eigenvalue weighted by molar-refractivity contribution is -0.391. The Labute approximate surface area is 130 Å². The van der Waals surface area contributed by atoms with E-state index in [1.54, 1.807) is 31.4 Å². The third kappa shape index (κ3) is 2.46. The van der Waals surface area contributed by atoms with Gasteiger partial charge in [-0.25, -0.2) is 9.55 Å². The number of hydrogen-bond donors (Lipinski definition) is 0. The summed E-state index contributed by atoms with van der Waals surface area (Å²) in [5, 5.41) is 12.2. The van der Waals surface area contributed by atoms with Gasteiger partial charge in [0.2, 0.25) is 5.82 Å². The molecule has 0 atom stereocenters. The standard InChI is InChI=1S/C14H11ClN4O3/c1-18-12(17-7-13(18)19(20)21)8-22-11-5-4-10(15)9-3-2-6-16-14(9)11/h2-7H,8H2,1H3. The molecule has 0 radical (unpaired) electrons. The van der Waals surface area contributed by atoms with Crippen LogP contribution in [-0.2, 0) is 13.7 Å². The first-order valence-electron chi connectivity index (χ1n) is 6.39. The van der Waals surface area contributed by atoms with E-state index in [1.807, 2.05) is 6.07 Å². The van der Waals surface area contributed by atoms with Crippen LogP contribution in [0.5, 0.6) is 5.75 Å². The highest BCUT2D eigenvalue weighted by molar-refractivity contribution is 6.35. The molecule has 112 valence electrons. The molecule has 0 bridgehead atoms. The van der Waals surface area contributed by atoms with Crippen LogP contribution < -0.4 is 4.74 Å². The summed E-state index contributed by atoms with van der Waals surface area (Å²) >= 11 is 6.12. The molecule has 0 N–H and O–H groups in total. The Hall–Kier alpha value is -2.67. The smallest absolute Gasteiger partial charge is 0.342 e. The average molecular weight is 319 g/mol. The van der Waals surface area contributed by atoms with Crippen LogP contribution in [0.2, 0.25) is 5.02 Å². The van der Waals surface area contributed by atoms with Crippen LogP contribution in [0.3, 0.4) is 0 Å². The Bertz CT molecular complexity index is 862. The molecule has 7 nitrogen and oxygen atoms in total. The Morgan fingerprint density at radius 2 is 2.18 bits per heavy atom. The van der Waals surface area contributed by atoms with Gasteiger partial charge in [-0.1, -0.05) is 11.6 Å². The lowest BCUT2D eigenvalue weighted by Gasteiger charge is -2.08. The topological polar surface area (TPSA) is 83.1 Å². The normalized spacial score (nSPS) is 10.8. The summed E-state index contributed by atoms with van der Waals surface area (Å²) in [7, 11) is 1.57. The number of nitrogens with zero attached hydrogens (tertiary/aromatic N) is 4. The van der Waals surface area contributed by atoms with Crippen molar-refractivity contribution in [3.05, 3.63) is 57.6 Å². The molecule has 2 heterocycles. The quantitative estimate of drug-likeness (QED) is 0.545. The van der Waals surface area contributed by atoms with Crippen molar-refractivity contribution in [1.82, 2.24) is 14.5 Å². The van der Waals surface area contributed by atoms with Gasteiger partial charge in [-0.15, -0.1) is 0 Å². The number of nitro groups is 1. The molecule has 0 aliphatic carbocycles. The van der Waals surface area contributed by atoms with Crippen molar-refractivity contribution in [2.45, 2.75) is 6.61 Å². The molecule has 0 fully saturated rings. The maximum Gasteiger partial charge on any atom is 0.342 e. The van der Waals surface area contributed by atoms with Gasteiger partial charge >= 0.3 is 5.82 Å². The van der Waals surface area contributed by atoms with E-state index in [2.05, 4.69) is 9.97 Å². The molecule has 2 aromatic heterocycles. The van der Waals surface area contributed by atoms with Crippen molar-refractivity contribution >= 4 is 28.3 Å². The molecule has 3 aromatic rings. The molecule has 0 amide bonds. The van der Waals surface area contributed by atoms with Gasteiger partial charge in [0.15, 0.2) is 6.61 Å². The van der Waals surface area contributed by atoms with Crippen molar-refractivity contribution in [1.29, 1.82) is 0 Å². The molecule has 0 unspecified atom stereocenters. The number of benzene rings is 1. The molecule has 0 aliphatic heterocycles. The number of ether oxygens (including phenoxy) is 1. The molecule has 8 heteroatoms. The highest BCUT2D eigenvalue weighted by atomic mass is 35.5. The van der Waals surface area contributed by atoms with Crippen molar-refractivity contribution in [2.75, 3.05) is 0 Å². The first-order valence-corrected chi connectivity index (χ1v) is 6.76. The summed E-state index contributed by atoms with van der Waals surface area (Å²) in [6.07, 6.45) is 2.86. The summed E-state index contributed by atoms with van der Waals surface area (Å²) < 4.78 is 7.09. The molecule has 22 heavy (non-hydrogen) atoms. The predicted molar refractivity (Wildman–Crippen MR) is 80.9 cm³/mol. The number of halogens is 1. The first-order chi connectivity index (χ1) is 10.6. The van der Waals surface area contributed by atoms with E-state index < -0.39 is 4.92 Å². The minimum atomic E-state index is -0.490. The first kappa shape index (κ1) is 14.3. The molecule has 1 aromatic carbocycles. The third-order valence-electron chi connectivity index (χ3n) is 3.28. The monoisotopic (exact) mass is 318 g/mol. The van der Waals surface area contributed by atoms with Gasteiger partial charge in [0.1, 0.15) is 17.5 Å². The third-order valence-corrected chi connectivity index (χ3v) is 3.61. The van der Waals surface area contributed by atoms with Crippen LogP contribution in [0.4, 0.5) is 5.82 Å². The lowest BCUT2D eigenvalue weighted by Crippen LogP contribution is -2.06. The van der Waals surface area contributed by atoms with E-state index in [0.29, 0.717) is 22.1 Å². The molecule has 0 aliphatic rings. The summed E-state index contributed by atoms with van der Waals surface area (Å²) in [5.74, 6) is 0.911. The summed E-state index contributed by atoms with van der Waals surface area (Å²) in [6, 6.07) is 7.08. The lowest BCUT2D eigenvalue weighted by atomic mass is 10.2. The zero-order chi connectivity index (χ0) is 15.7. The molecule has 0 saturated carbocycles. The van der Waals surface area contributed by atoms with Crippen molar-refractivity contribution in [2.24, 2.45) is 7.05 Å².